The zero-order chi connectivity index (χ0) is 15.9. The third-order valence-corrected chi connectivity index (χ3v) is 3.62. The minimum atomic E-state index is -0.608. The number of nitrogens with zero attached hydrogens (tertiary/aromatic N) is 1. The van der Waals surface area contributed by atoms with E-state index < -0.39 is 18.1 Å². The van der Waals surface area contributed by atoms with E-state index in [1.165, 1.54) is 4.90 Å². The molecule has 6 nitrogen and oxygen atoms in total. The van der Waals surface area contributed by atoms with Crippen molar-refractivity contribution in [3.63, 3.8) is 0 Å². The fourth-order valence-electron chi connectivity index (χ4n) is 2.49. The molecule has 0 unspecified atom stereocenters. The van der Waals surface area contributed by atoms with Crippen LogP contribution in [-0.2, 0) is 20.9 Å². The van der Waals surface area contributed by atoms with Crippen LogP contribution in [0, 0.1) is 0 Å². The third kappa shape index (κ3) is 4.21. The molecule has 1 aliphatic rings. The van der Waals surface area contributed by atoms with Crippen LogP contribution >= 0.6 is 0 Å². The lowest BCUT2D eigenvalue weighted by Gasteiger charge is -2.36. The molecule has 1 aromatic carbocycles. The standard InChI is InChI=1S/C16H22N2O4/c1-2-21-15(19)14-9-8-13(17)10-18(14)16(20)22-11-12-6-4-3-5-7-12/h3-7,13-14H,2,8-11,17H2,1H3/t13-,14-/m0/s1. The van der Waals surface area contributed by atoms with Gasteiger partial charge in [-0.15, -0.1) is 0 Å². The average Bonchev–Trinajstić information content (AvgIpc) is 2.53. The van der Waals surface area contributed by atoms with Crippen molar-refractivity contribution in [2.45, 2.75) is 38.5 Å². The van der Waals surface area contributed by atoms with Crippen molar-refractivity contribution in [3.8, 4) is 0 Å². The highest BCUT2D eigenvalue weighted by atomic mass is 16.6. The van der Waals surface area contributed by atoms with E-state index in [0.29, 0.717) is 19.4 Å². The van der Waals surface area contributed by atoms with Gasteiger partial charge in [0.2, 0.25) is 0 Å². The quantitative estimate of drug-likeness (QED) is 0.856. The molecule has 0 saturated carbocycles. The maximum atomic E-state index is 12.3. The Bertz CT molecular complexity index is 506. The molecule has 1 fully saturated rings. The number of carbonyl (C=O) groups excluding carboxylic acids is 2. The van der Waals surface area contributed by atoms with Crippen molar-refractivity contribution in [1.82, 2.24) is 4.90 Å². The molecule has 0 aliphatic carbocycles. The van der Waals surface area contributed by atoms with Crippen molar-refractivity contribution in [2.75, 3.05) is 13.2 Å². The smallest absolute Gasteiger partial charge is 0.410 e. The van der Waals surface area contributed by atoms with Crippen LogP contribution in [0.1, 0.15) is 25.3 Å². The maximum Gasteiger partial charge on any atom is 0.410 e. The first-order valence-corrected chi connectivity index (χ1v) is 7.51. The van der Waals surface area contributed by atoms with E-state index >= 15 is 0 Å². The molecule has 0 aromatic heterocycles. The van der Waals surface area contributed by atoms with Gasteiger partial charge >= 0.3 is 12.1 Å². The van der Waals surface area contributed by atoms with Crippen LogP contribution in [0.25, 0.3) is 0 Å². The van der Waals surface area contributed by atoms with Crippen LogP contribution < -0.4 is 5.73 Å². The van der Waals surface area contributed by atoms with E-state index in [4.69, 9.17) is 15.2 Å². The lowest BCUT2D eigenvalue weighted by atomic mass is 9.99. The zero-order valence-electron chi connectivity index (χ0n) is 12.7. The second-order valence-corrected chi connectivity index (χ2v) is 5.30. The number of piperidine rings is 1. The number of rotatable bonds is 4. The van der Waals surface area contributed by atoms with Gasteiger partial charge in [-0.25, -0.2) is 9.59 Å². The van der Waals surface area contributed by atoms with E-state index in [0.717, 1.165) is 5.56 Å². The maximum absolute atomic E-state index is 12.3. The normalized spacial score (nSPS) is 21.3. The van der Waals surface area contributed by atoms with E-state index in [1.54, 1.807) is 6.92 Å². The summed E-state index contributed by atoms with van der Waals surface area (Å²) in [5.74, 6) is -0.397. The Morgan fingerprint density at radius 2 is 1.95 bits per heavy atom. The lowest BCUT2D eigenvalue weighted by molar-refractivity contribution is -0.150. The second kappa shape index (κ2) is 7.79. The van der Waals surface area contributed by atoms with Gasteiger partial charge in [0.15, 0.2) is 0 Å². The monoisotopic (exact) mass is 306 g/mol. The zero-order valence-corrected chi connectivity index (χ0v) is 12.7. The van der Waals surface area contributed by atoms with E-state index in [9.17, 15) is 9.59 Å². The first kappa shape index (κ1) is 16.3. The third-order valence-electron chi connectivity index (χ3n) is 3.62. The first-order valence-electron chi connectivity index (χ1n) is 7.51. The summed E-state index contributed by atoms with van der Waals surface area (Å²) in [6.07, 6.45) is 0.656. The molecule has 2 N–H and O–H groups in total. The summed E-state index contributed by atoms with van der Waals surface area (Å²) >= 11 is 0. The topological polar surface area (TPSA) is 81.9 Å². The van der Waals surface area contributed by atoms with Crippen LogP contribution in [0.2, 0.25) is 0 Å². The van der Waals surface area contributed by atoms with Gasteiger partial charge in [0, 0.05) is 12.6 Å². The Hall–Kier alpha value is -2.08. The summed E-state index contributed by atoms with van der Waals surface area (Å²) in [5.41, 5.74) is 6.80. The van der Waals surface area contributed by atoms with E-state index in [-0.39, 0.29) is 19.3 Å². The van der Waals surface area contributed by atoms with Crippen LogP contribution in [0.15, 0.2) is 30.3 Å². The van der Waals surface area contributed by atoms with Crippen molar-refractivity contribution in [3.05, 3.63) is 35.9 Å². The summed E-state index contributed by atoms with van der Waals surface area (Å²) in [6.45, 7) is 2.50. The molecule has 6 heteroatoms. The highest BCUT2D eigenvalue weighted by Crippen LogP contribution is 2.19. The van der Waals surface area contributed by atoms with Crippen LogP contribution in [-0.4, -0.2) is 42.2 Å². The SMILES string of the molecule is CCOC(=O)[C@@H]1CC[C@H](N)CN1C(=O)OCc1ccccc1. The number of esters is 1. The molecule has 1 saturated heterocycles. The van der Waals surface area contributed by atoms with Gasteiger partial charge in [0.05, 0.1) is 6.61 Å². The minimum Gasteiger partial charge on any atom is -0.464 e. The molecule has 1 heterocycles. The van der Waals surface area contributed by atoms with Gasteiger partial charge in [-0.3, -0.25) is 4.90 Å². The fourth-order valence-corrected chi connectivity index (χ4v) is 2.49. The molecule has 120 valence electrons. The number of carbonyl (C=O) groups is 2. The van der Waals surface area contributed by atoms with Crippen molar-refractivity contribution < 1.29 is 19.1 Å². The summed E-state index contributed by atoms with van der Waals surface area (Å²) in [7, 11) is 0. The minimum absolute atomic E-state index is 0.144. The Balaban J connectivity index is 1.98. The highest BCUT2D eigenvalue weighted by Gasteiger charge is 2.36. The van der Waals surface area contributed by atoms with Crippen molar-refractivity contribution in [1.29, 1.82) is 0 Å². The number of ether oxygens (including phenoxy) is 2. The molecule has 1 amide bonds. The number of nitrogens with two attached hydrogens (primary N) is 1. The number of benzene rings is 1. The fraction of sp³-hybridized carbons (Fsp3) is 0.500. The van der Waals surface area contributed by atoms with Crippen molar-refractivity contribution in [2.24, 2.45) is 5.73 Å². The average molecular weight is 306 g/mol. The highest BCUT2D eigenvalue weighted by molar-refractivity contribution is 5.81. The summed E-state index contributed by atoms with van der Waals surface area (Å²) in [4.78, 5) is 25.6. The molecule has 22 heavy (non-hydrogen) atoms. The summed E-state index contributed by atoms with van der Waals surface area (Å²) in [5, 5.41) is 0. The number of likely N-dealkylation sites (tertiary alicyclic amines) is 1. The van der Waals surface area contributed by atoms with Crippen molar-refractivity contribution >= 4 is 12.1 Å². The predicted molar refractivity (Wildman–Crippen MR) is 81.0 cm³/mol. The molecule has 1 aliphatic heterocycles. The molecule has 1 aromatic rings. The Morgan fingerprint density at radius 3 is 2.64 bits per heavy atom. The number of amides is 1. The molecular weight excluding hydrogens is 284 g/mol. The van der Waals surface area contributed by atoms with Gasteiger partial charge < -0.3 is 15.2 Å². The van der Waals surface area contributed by atoms with Gasteiger partial charge in [-0.05, 0) is 25.3 Å². The molecule has 0 spiro atoms. The van der Waals surface area contributed by atoms with Crippen LogP contribution in [0.3, 0.4) is 0 Å². The Labute approximate surface area is 130 Å². The molecular formula is C16H22N2O4. The Kier molecular flexibility index (Phi) is 5.77. The van der Waals surface area contributed by atoms with Gasteiger partial charge in [-0.2, -0.15) is 0 Å². The summed E-state index contributed by atoms with van der Waals surface area (Å²) in [6, 6.07) is 8.64. The predicted octanol–water partition coefficient (Wildman–Crippen LogP) is 1.68. The summed E-state index contributed by atoms with van der Waals surface area (Å²) < 4.78 is 10.3. The number of hydrogen-bond acceptors (Lipinski definition) is 5. The van der Waals surface area contributed by atoms with Gasteiger partial charge in [-0.1, -0.05) is 30.3 Å². The largest absolute Gasteiger partial charge is 0.464 e. The van der Waals surface area contributed by atoms with Crippen LogP contribution in [0.4, 0.5) is 4.79 Å². The van der Waals surface area contributed by atoms with E-state index in [1.807, 2.05) is 30.3 Å². The number of hydrogen-bond donors (Lipinski definition) is 1. The molecule has 2 rings (SSSR count). The second-order valence-electron chi connectivity index (χ2n) is 5.30. The molecule has 0 radical (unpaired) electrons. The first-order chi connectivity index (χ1) is 10.6. The lowest BCUT2D eigenvalue weighted by Crippen LogP contribution is -2.54. The molecule has 0 bridgehead atoms. The van der Waals surface area contributed by atoms with Gasteiger partial charge in [0.25, 0.3) is 0 Å². The van der Waals surface area contributed by atoms with E-state index in [2.05, 4.69) is 0 Å². The van der Waals surface area contributed by atoms with Gasteiger partial charge in [0.1, 0.15) is 12.6 Å². The Morgan fingerprint density at radius 1 is 1.23 bits per heavy atom. The molecule has 2 atom stereocenters. The van der Waals surface area contributed by atoms with Crippen LogP contribution in [0.5, 0.6) is 0 Å².